The minimum atomic E-state index is -1.59. The molecule has 0 aliphatic heterocycles. The van der Waals surface area contributed by atoms with Crippen LogP contribution in [0.4, 0.5) is 0 Å². The highest BCUT2D eigenvalue weighted by atomic mass is 16.5. The van der Waals surface area contributed by atoms with Gasteiger partial charge in [-0.15, -0.1) is 11.8 Å². The Labute approximate surface area is 118 Å². The van der Waals surface area contributed by atoms with E-state index in [0.29, 0.717) is 0 Å². The van der Waals surface area contributed by atoms with E-state index < -0.39 is 23.3 Å². The minimum absolute atomic E-state index is 0.0612. The van der Waals surface area contributed by atoms with Crippen molar-refractivity contribution in [3.8, 4) is 11.8 Å². The van der Waals surface area contributed by atoms with Crippen LogP contribution >= 0.6 is 0 Å². The maximum atomic E-state index is 11.9. The largest absolute Gasteiger partial charge is 0.468 e. The lowest BCUT2D eigenvalue weighted by Crippen LogP contribution is -2.40. The molecule has 0 aliphatic carbocycles. The molecule has 0 bridgehead atoms. The summed E-state index contributed by atoms with van der Waals surface area (Å²) in [6.45, 7) is 1.59. The smallest absolute Gasteiger partial charge is 0.330 e. The highest BCUT2D eigenvalue weighted by Gasteiger charge is 2.47. The molecule has 6 nitrogen and oxygen atoms in total. The number of allylic oxidation sites excluding steroid dienone is 1. The predicted molar refractivity (Wildman–Crippen MR) is 70.3 cm³/mol. The number of ether oxygens (including phenoxy) is 3. The van der Waals surface area contributed by atoms with Gasteiger partial charge in [0.05, 0.1) is 21.3 Å². The van der Waals surface area contributed by atoms with Crippen molar-refractivity contribution in [3.63, 3.8) is 0 Å². The van der Waals surface area contributed by atoms with E-state index in [2.05, 4.69) is 26.1 Å². The minimum Gasteiger partial charge on any atom is -0.468 e. The van der Waals surface area contributed by atoms with Gasteiger partial charge in [0.25, 0.3) is 0 Å². The summed E-state index contributed by atoms with van der Waals surface area (Å²) in [5.41, 5.74) is -1.59. The fourth-order valence-electron chi connectivity index (χ4n) is 1.52. The van der Waals surface area contributed by atoms with Gasteiger partial charge in [-0.05, 0) is 13.3 Å². The van der Waals surface area contributed by atoms with Crippen LogP contribution < -0.4 is 0 Å². The Balaban J connectivity index is 5.41. The quantitative estimate of drug-likeness (QED) is 0.236. The zero-order valence-electron chi connectivity index (χ0n) is 12.0. The fraction of sp³-hybridized carbons (Fsp3) is 0.500. The number of hydrogen-bond donors (Lipinski definition) is 0. The Morgan fingerprint density at radius 3 is 2.00 bits per heavy atom. The molecule has 0 amide bonds. The van der Waals surface area contributed by atoms with Gasteiger partial charge in [-0.2, -0.15) is 0 Å². The third-order valence-corrected chi connectivity index (χ3v) is 2.64. The molecule has 0 fully saturated rings. The average molecular weight is 282 g/mol. The summed E-state index contributed by atoms with van der Waals surface area (Å²) in [5, 5.41) is 0. The first kappa shape index (κ1) is 17.7. The van der Waals surface area contributed by atoms with Gasteiger partial charge in [0.2, 0.25) is 0 Å². The number of methoxy groups -OCH3 is 3. The Morgan fingerprint density at radius 2 is 1.60 bits per heavy atom. The topological polar surface area (TPSA) is 78.9 Å². The lowest BCUT2D eigenvalue weighted by atomic mass is 9.81. The number of esters is 3. The van der Waals surface area contributed by atoms with Gasteiger partial charge in [0, 0.05) is 12.5 Å². The van der Waals surface area contributed by atoms with E-state index in [-0.39, 0.29) is 12.8 Å². The van der Waals surface area contributed by atoms with Crippen molar-refractivity contribution in [2.75, 3.05) is 21.3 Å². The van der Waals surface area contributed by atoms with E-state index in [1.165, 1.54) is 27.4 Å². The van der Waals surface area contributed by atoms with Crippen LogP contribution in [0.1, 0.15) is 19.8 Å². The van der Waals surface area contributed by atoms with Crippen LogP contribution in [-0.4, -0.2) is 39.2 Å². The van der Waals surface area contributed by atoms with Crippen molar-refractivity contribution >= 4 is 17.9 Å². The molecular weight excluding hydrogens is 264 g/mol. The molecule has 0 aliphatic rings. The second-order valence-corrected chi connectivity index (χ2v) is 3.80. The molecule has 0 spiro atoms. The SMILES string of the molecule is CC#CCC(C/C=C/C(=O)OC)(C(=O)OC)C(=O)OC. The van der Waals surface area contributed by atoms with E-state index in [1.54, 1.807) is 6.92 Å². The normalized spacial score (nSPS) is 10.4. The summed E-state index contributed by atoms with van der Waals surface area (Å²) in [6.07, 6.45) is 2.35. The van der Waals surface area contributed by atoms with Gasteiger partial charge in [-0.3, -0.25) is 9.59 Å². The van der Waals surface area contributed by atoms with Crippen LogP contribution in [0.2, 0.25) is 0 Å². The van der Waals surface area contributed by atoms with Crippen molar-refractivity contribution in [3.05, 3.63) is 12.2 Å². The van der Waals surface area contributed by atoms with Crippen molar-refractivity contribution < 1.29 is 28.6 Å². The summed E-state index contributed by atoms with van der Waals surface area (Å²) in [5.74, 6) is 3.17. The highest BCUT2D eigenvalue weighted by Crippen LogP contribution is 2.30. The zero-order chi connectivity index (χ0) is 15.6. The van der Waals surface area contributed by atoms with Gasteiger partial charge in [0.1, 0.15) is 0 Å². The molecule has 0 unspecified atom stereocenters. The molecule has 0 aromatic heterocycles. The summed E-state index contributed by atoms with van der Waals surface area (Å²) >= 11 is 0. The average Bonchev–Trinajstić information content (AvgIpc) is 2.48. The molecule has 0 atom stereocenters. The molecular formula is C14H18O6. The van der Waals surface area contributed by atoms with Crippen LogP contribution in [0.25, 0.3) is 0 Å². The number of carbonyl (C=O) groups excluding carboxylic acids is 3. The molecule has 0 radical (unpaired) electrons. The number of carbonyl (C=O) groups is 3. The molecule has 0 aromatic carbocycles. The molecule has 6 heteroatoms. The van der Waals surface area contributed by atoms with E-state index in [1.807, 2.05) is 0 Å². The first-order chi connectivity index (χ1) is 9.48. The van der Waals surface area contributed by atoms with E-state index >= 15 is 0 Å². The Kier molecular flexibility index (Phi) is 7.75. The molecule has 0 aromatic rings. The van der Waals surface area contributed by atoms with Crippen molar-refractivity contribution in [1.29, 1.82) is 0 Å². The molecule has 0 N–H and O–H groups in total. The monoisotopic (exact) mass is 282 g/mol. The van der Waals surface area contributed by atoms with Crippen LogP contribution in [0.3, 0.4) is 0 Å². The second-order valence-electron chi connectivity index (χ2n) is 3.80. The van der Waals surface area contributed by atoms with Crippen LogP contribution in [0, 0.1) is 17.3 Å². The highest BCUT2D eigenvalue weighted by molar-refractivity contribution is 6.00. The molecule has 0 saturated heterocycles. The lowest BCUT2D eigenvalue weighted by molar-refractivity contribution is -0.168. The van der Waals surface area contributed by atoms with Gasteiger partial charge in [-0.1, -0.05) is 6.08 Å². The Bertz CT molecular complexity index is 436. The molecule has 0 heterocycles. The lowest BCUT2D eigenvalue weighted by Gasteiger charge is -2.24. The molecule has 0 rings (SSSR count). The van der Waals surface area contributed by atoms with E-state index in [9.17, 15) is 14.4 Å². The van der Waals surface area contributed by atoms with Crippen molar-refractivity contribution in [1.82, 2.24) is 0 Å². The van der Waals surface area contributed by atoms with E-state index in [0.717, 1.165) is 6.08 Å². The first-order valence-electron chi connectivity index (χ1n) is 5.79. The molecule has 110 valence electrons. The Hall–Kier alpha value is -2.29. The second kappa shape index (κ2) is 8.75. The Morgan fingerprint density at radius 1 is 1.05 bits per heavy atom. The molecule has 20 heavy (non-hydrogen) atoms. The van der Waals surface area contributed by atoms with Gasteiger partial charge >= 0.3 is 17.9 Å². The number of rotatable bonds is 6. The summed E-state index contributed by atoms with van der Waals surface area (Å²) in [4.78, 5) is 34.9. The van der Waals surface area contributed by atoms with Crippen molar-refractivity contribution in [2.45, 2.75) is 19.8 Å². The summed E-state index contributed by atoms with van der Waals surface area (Å²) in [6, 6.07) is 0. The maximum Gasteiger partial charge on any atom is 0.330 e. The summed E-state index contributed by atoms with van der Waals surface area (Å²) in [7, 11) is 3.57. The number of hydrogen-bond acceptors (Lipinski definition) is 6. The first-order valence-corrected chi connectivity index (χ1v) is 5.79. The zero-order valence-corrected chi connectivity index (χ0v) is 12.0. The van der Waals surface area contributed by atoms with Gasteiger partial charge < -0.3 is 14.2 Å². The van der Waals surface area contributed by atoms with Crippen LogP contribution in [0.5, 0.6) is 0 Å². The molecule has 0 saturated carbocycles. The standard InChI is InChI=1S/C14H18O6/c1-5-6-9-14(12(16)19-3,13(17)20-4)10-7-8-11(15)18-2/h7-8H,9-10H2,1-4H3/b8-7+. The van der Waals surface area contributed by atoms with Gasteiger partial charge in [0.15, 0.2) is 5.41 Å². The fourth-order valence-corrected chi connectivity index (χ4v) is 1.52. The van der Waals surface area contributed by atoms with Gasteiger partial charge in [-0.25, -0.2) is 4.79 Å². The van der Waals surface area contributed by atoms with Crippen LogP contribution in [-0.2, 0) is 28.6 Å². The maximum absolute atomic E-state index is 11.9. The third kappa shape index (κ3) is 4.43. The summed E-state index contributed by atoms with van der Waals surface area (Å²) < 4.78 is 13.8. The van der Waals surface area contributed by atoms with E-state index in [4.69, 9.17) is 0 Å². The van der Waals surface area contributed by atoms with Crippen LogP contribution in [0.15, 0.2) is 12.2 Å². The van der Waals surface area contributed by atoms with Crippen molar-refractivity contribution in [2.24, 2.45) is 5.41 Å². The third-order valence-electron chi connectivity index (χ3n) is 2.64. The predicted octanol–water partition coefficient (Wildman–Crippen LogP) is 0.851.